The minimum absolute atomic E-state index is 0.0601. The molecule has 0 bridgehead atoms. The van der Waals surface area contributed by atoms with Gasteiger partial charge >= 0.3 is 5.97 Å². The van der Waals surface area contributed by atoms with E-state index in [1.807, 2.05) is 0 Å². The van der Waals surface area contributed by atoms with Crippen LogP contribution in [0.2, 0.25) is 0 Å². The van der Waals surface area contributed by atoms with Gasteiger partial charge in [-0.2, -0.15) is 0 Å². The SMILES string of the molecule is CCn1cc(S(=O)(=O)NC[C@@H]2COCCO2)cc1C(=O)O. The largest absolute Gasteiger partial charge is 0.477 e. The number of carboxylic acids is 1. The molecule has 0 saturated carbocycles. The van der Waals surface area contributed by atoms with Crippen LogP contribution in [0.4, 0.5) is 0 Å². The van der Waals surface area contributed by atoms with Crippen molar-refractivity contribution in [2.45, 2.75) is 24.5 Å². The van der Waals surface area contributed by atoms with Crippen LogP contribution in [0.25, 0.3) is 0 Å². The van der Waals surface area contributed by atoms with Gasteiger partial charge in [-0.3, -0.25) is 0 Å². The number of hydrogen-bond donors (Lipinski definition) is 2. The predicted octanol–water partition coefficient (Wildman–Crippen LogP) is -0.100. The van der Waals surface area contributed by atoms with Crippen LogP contribution in [-0.2, 0) is 26.0 Å². The molecule has 1 aliphatic rings. The standard InChI is InChI=1S/C12H18N2O6S/c1-2-14-7-10(5-11(14)12(15)16)21(17,18)13-6-9-8-19-3-4-20-9/h5,7,9,13H,2-4,6,8H2,1H3,(H,15,16)/t9-/m1/s1. The van der Waals surface area contributed by atoms with Crippen molar-refractivity contribution >= 4 is 16.0 Å². The molecule has 1 aliphatic heterocycles. The molecule has 2 heterocycles. The van der Waals surface area contributed by atoms with Crippen molar-refractivity contribution in [1.82, 2.24) is 9.29 Å². The monoisotopic (exact) mass is 318 g/mol. The quantitative estimate of drug-likeness (QED) is 0.758. The number of ether oxygens (including phenoxy) is 2. The maximum atomic E-state index is 12.2. The van der Waals surface area contributed by atoms with Gasteiger partial charge < -0.3 is 19.1 Å². The van der Waals surface area contributed by atoms with Crippen molar-refractivity contribution in [1.29, 1.82) is 0 Å². The van der Waals surface area contributed by atoms with Crippen LogP contribution in [0.15, 0.2) is 17.2 Å². The molecule has 21 heavy (non-hydrogen) atoms. The fraction of sp³-hybridized carbons (Fsp3) is 0.583. The number of aryl methyl sites for hydroxylation is 1. The lowest BCUT2D eigenvalue weighted by molar-refractivity contribution is -0.0846. The molecular formula is C12H18N2O6S. The zero-order chi connectivity index (χ0) is 15.5. The Balaban J connectivity index is 2.09. The molecule has 2 N–H and O–H groups in total. The van der Waals surface area contributed by atoms with E-state index < -0.39 is 16.0 Å². The van der Waals surface area contributed by atoms with Gasteiger partial charge in [-0.15, -0.1) is 0 Å². The normalized spacial score (nSPS) is 19.6. The molecular weight excluding hydrogens is 300 g/mol. The molecule has 1 fully saturated rings. The van der Waals surface area contributed by atoms with Crippen molar-refractivity contribution in [3.63, 3.8) is 0 Å². The number of carbonyl (C=O) groups is 1. The van der Waals surface area contributed by atoms with Gasteiger partial charge in [0.2, 0.25) is 10.0 Å². The van der Waals surface area contributed by atoms with E-state index in [1.54, 1.807) is 6.92 Å². The first kappa shape index (κ1) is 16.0. The first-order valence-corrected chi connectivity index (χ1v) is 8.05. The number of hydrogen-bond acceptors (Lipinski definition) is 5. The zero-order valence-corrected chi connectivity index (χ0v) is 12.4. The summed E-state index contributed by atoms with van der Waals surface area (Å²) in [5, 5.41) is 9.04. The Morgan fingerprint density at radius 1 is 1.52 bits per heavy atom. The number of aromatic nitrogens is 1. The molecule has 1 aromatic rings. The van der Waals surface area contributed by atoms with Crippen molar-refractivity contribution in [3.8, 4) is 0 Å². The molecule has 0 unspecified atom stereocenters. The molecule has 0 radical (unpaired) electrons. The van der Waals surface area contributed by atoms with E-state index in [4.69, 9.17) is 14.6 Å². The highest BCUT2D eigenvalue weighted by atomic mass is 32.2. The van der Waals surface area contributed by atoms with E-state index >= 15 is 0 Å². The zero-order valence-electron chi connectivity index (χ0n) is 11.6. The molecule has 0 aromatic carbocycles. The molecule has 1 aromatic heterocycles. The lowest BCUT2D eigenvalue weighted by atomic mass is 10.3. The van der Waals surface area contributed by atoms with Crippen LogP contribution < -0.4 is 4.72 Å². The first-order chi connectivity index (χ1) is 9.94. The van der Waals surface area contributed by atoms with Gasteiger partial charge in [-0.1, -0.05) is 0 Å². The maximum absolute atomic E-state index is 12.2. The summed E-state index contributed by atoms with van der Waals surface area (Å²) < 4.78 is 38.6. The highest BCUT2D eigenvalue weighted by Crippen LogP contribution is 2.15. The molecule has 9 heteroatoms. The van der Waals surface area contributed by atoms with Gasteiger partial charge in [0.1, 0.15) is 10.6 Å². The summed E-state index contributed by atoms with van der Waals surface area (Å²) >= 11 is 0. The summed E-state index contributed by atoms with van der Waals surface area (Å²) in [5.74, 6) is -1.16. The highest BCUT2D eigenvalue weighted by Gasteiger charge is 2.23. The van der Waals surface area contributed by atoms with Gasteiger partial charge in [-0.05, 0) is 13.0 Å². The second-order valence-electron chi connectivity index (χ2n) is 4.57. The molecule has 118 valence electrons. The number of rotatable bonds is 6. The third kappa shape index (κ3) is 3.82. The average molecular weight is 318 g/mol. The molecule has 1 atom stereocenters. The van der Waals surface area contributed by atoms with E-state index in [2.05, 4.69) is 4.72 Å². The van der Waals surface area contributed by atoms with E-state index in [0.29, 0.717) is 26.4 Å². The van der Waals surface area contributed by atoms with Crippen molar-refractivity contribution in [3.05, 3.63) is 18.0 Å². The Bertz CT molecular complexity index is 603. The first-order valence-electron chi connectivity index (χ1n) is 6.56. The minimum atomic E-state index is -3.77. The highest BCUT2D eigenvalue weighted by molar-refractivity contribution is 7.89. The van der Waals surface area contributed by atoms with Crippen LogP contribution in [0, 0.1) is 0 Å². The summed E-state index contributed by atoms with van der Waals surface area (Å²) in [4.78, 5) is 11.0. The van der Waals surface area contributed by atoms with E-state index in [0.717, 1.165) is 6.07 Å². The van der Waals surface area contributed by atoms with Crippen LogP contribution >= 0.6 is 0 Å². The molecule has 0 spiro atoms. The van der Waals surface area contributed by atoms with Crippen LogP contribution in [0.5, 0.6) is 0 Å². The minimum Gasteiger partial charge on any atom is -0.477 e. The van der Waals surface area contributed by atoms with Crippen molar-refractivity contribution in [2.24, 2.45) is 0 Å². The molecule has 8 nitrogen and oxygen atoms in total. The lowest BCUT2D eigenvalue weighted by Crippen LogP contribution is -2.39. The summed E-state index contributed by atoms with van der Waals surface area (Å²) in [6, 6.07) is 1.15. The number of aromatic carboxylic acids is 1. The Morgan fingerprint density at radius 2 is 2.29 bits per heavy atom. The van der Waals surface area contributed by atoms with Gasteiger partial charge in [-0.25, -0.2) is 17.9 Å². The number of sulfonamides is 1. The topological polar surface area (TPSA) is 107 Å². The molecule has 1 saturated heterocycles. The Kier molecular flexibility index (Phi) is 4.99. The smallest absolute Gasteiger partial charge is 0.352 e. The third-order valence-corrected chi connectivity index (χ3v) is 4.52. The van der Waals surface area contributed by atoms with Gasteiger partial charge in [0.05, 0.1) is 25.9 Å². The molecule has 0 amide bonds. The van der Waals surface area contributed by atoms with Crippen LogP contribution in [-0.4, -0.2) is 56.5 Å². The Hall–Kier alpha value is -1.42. The predicted molar refractivity (Wildman–Crippen MR) is 72.8 cm³/mol. The Morgan fingerprint density at radius 3 is 2.81 bits per heavy atom. The van der Waals surface area contributed by atoms with Gasteiger partial charge in [0, 0.05) is 19.3 Å². The van der Waals surface area contributed by atoms with E-state index in [1.165, 1.54) is 10.8 Å². The summed E-state index contributed by atoms with van der Waals surface area (Å²) in [7, 11) is -3.77. The number of carboxylic acid groups (broad SMARTS) is 1. The molecule has 2 rings (SSSR count). The fourth-order valence-corrected chi connectivity index (χ4v) is 3.12. The third-order valence-electron chi connectivity index (χ3n) is 3.13. The van der Waals surface area contributed by atoms with Gasteiger partial charge in [0.25, 0.3) is 0 Å². The van der Waals surface area contributed by atoms with Crippen molar-refractivity contribution < 1.29 is 27.8 Å². The Labute approximate surface area is 122 Å². The van der Waals surface area contributed by atoms with Crippen LogP contribution in [0.3, 0.4) is 0 Å². The van der Waals surface area contributed by atoms with Crippen molar-refractivity contribution in [2.75, 3.05) is 26.4 Å². The summed E-state index contributed by atoms with van der Waals surface area (Å²) in [5.41, 5.74) is -0.0601. The fourth-order valence-electron chi connectivity index (χ4n) is 2.01. The number of nitrogens with one attached hydrogen (secondary N) is 1. The summed E-state index contributed by atoms with van der Waals surface area (Å²) in [6.45, 7) is 3.47. The van der Waals surface area contributed by atoms with Crippen LogP contribution in [0.1, 0.15) is 17.4 Å². The summed E-state index contributed by atoms with van der Waals surface area (Å²) in [6.07, 6.45) is 0.977. The van der Waals surface area contributed by atoms with Gasteiger partial charge in [0.15, 0.2) is 0 Å². The van der Waals surface area contributed by atoms with E-state index in [9.17, 15) is 13.2 Å². The lowest BCUT2D eigenvalue weighted by Gasteiger charge is -2.22. The second kappa shape index (κ2) is 6.56. The van der Waals surface area contributed by atoms with E-state index in [-0.39, 0.29) is 23.2 Å². The molecule has 0 aliphatic carbocycles. The second-order valence-corrected chi connectivity index (χ2v) is 6.34. The average Bonchev–Trinajstić information content (AvgIpc) is 2.92. The maximum Gasteiger partial charge on any atom is 0.352 e. The number of nitrogens with zero attached hydrogens (tertiary/aromatic N) is 1.